The number of carbonyl (C=O) groups is 2. The van der Waals surface area contributed by atoms with Gasteiger partial charge in [0.15, 0.2) is 0 Å². The Kier molecular flexibility index (Phi) is 5.83. The van der Waals surface area contributed by atoms with Gasteiger partial charge in [-0.3, -0.25) is 4.79 Å². The predicted octanol–water partition coefficient (Wildman–Crippen LogP) is 2.39. The number of aryl methyl sites for hydroxylation is 2. The van der Waals surface area contributed by atoms with Gasteiger partial charge in [0.05, 0.1) is 4.88 Å². The van der Waals surface area contributed by atoms with Crippen LogP contribution in [0.25, 0.3) is 0 Å². The SMILES string of the molecule is CCCc1sc(C(=O)NCC2CCN(C(N)=O)C2)cc1CC. The molecule has 122 valence electrons. The van der Waals surface area contributed by atoms with Gasteiger partial charge >= 0.3 is 6.03 Å². The van der Waals surface area contributed by atoms with E-state index in [1.807, 2.05) is 6.07 Å². The Morgan fingerprint density at radius 3 is 2.82 bits per heavy atom. The fraction of sp³-hybridized carbons (Fsp3) is 0.625. The van der Waals surface area contributed by atoms with Gasteiger partial charge in [-0.05, 0) is 36.8 Å². The standard InChI is InChI=1S/C16H25N3O2S/c1-3-5-13-12(4-2)8-14(22-13)15(20)18-9-11-6-7-19(10-11)16(17)21/h8,11H,3-7,9-10H2,1-2H3,(H2,17,21)(H,18,20). The van der Waals surface area contributed by atoms with Gasteiger partial charge in [0.25, 0.3) is 5.91 Å². The Labute approximate surface area is 135 Å². The monoisotopic (exact) mass is 323 g/mol. The van der Waals surface area contributed by atoms with Gasteiger partial charge in [-0.25, -0.2) is 4.79 Å². The Morgan fingerprint density at radius 1 is 1.45 bits per heavy atom. The largest absolute Gasteiger partial charge is 0.351 e. The number of rotatable bonds is 6. The second-order valence-electron chi connectivity index (χ2n) is 5.81. The first-order chi connectivity index (χ1) is 10.5. The summed E-state index contributed by atoms with van der Waals surface area (Å²) in [6.07, 6.45) is 4.00. The van der Waals surface area contributed by atoms with Crippen LogP contribution < -0.4 is 11.1 Å². The molecule has 1 saturated heterocycles. The van der Waals surface area contributed by atoms with Crippen LogP contribution in [-0.2, 0) is 12.8 Å². The molecule has 3 amide bonds. The van der Waals surface area contributed by atoms with E-state index < -0.39 is 0 Å². The number of likely N-dealkylation sites (tertiary alicyclic amines) is 1. The molecule has 0 bridgehead atoms. The molecule has 1 fully saturated rings. The molecule has 0 radical (unpaired) electrons. The maximum absolute atomic E-state index is 12.3. The zero-order valence-electron chi connectivity index (χ0n) is 13.4. The summed E-state index contributed by atoms with van der Waals surface area (Å²) in [4.78, 5) is 27.2. The lowest BCUT2D eigenvalue weighted by atomic mass is 10.1. The fourth-order valence-corrected chi connectivity index (χ4v) is 4.11. The average molecular weight is 323 g/mol. The van der Waals surface area contributed by atoms with Crippen molar-refractivity contribution in [1.82, 2.24) is 10.2 Å². The normalized spacial score (nSPS) is 17.7. The summed E-state index contributed by atoms with van der Waals surface area (Å²) in [6.45, 7) is 6.21. The summed E-state index contributed by atoms with van der Waals surface area (Å²) < 4.78 is 0. The molecule has 1 aromatic heterocycles. The number of nitrogens with one attached hydrogen (secondary N) is 1. The highest BCUT2D eigenvalue weighted by atomic mass is 32.1. The number of urea groups is 1. The van der Waals surface area contributed by atoms with Crippen molar-refractivity contribution in [3.8, 4) is 0 Å². The van der Waals surface area contributed by atoms with E-state index in [4.69, 9.17) is 5.73 Å². The molecule has 1 aliphatic heterocycles. The van der Waals surface area contributed by atoms with Gasteiger partial charge in [-0.2, -0.15) is 0 Å². The molecule has 1 unspecified atom stereocenters. The third-order valence-corrected chi connectivity index (χ3v) is 5.36. The minimum absolute atomic E-state index is 0.000391. The van der Waals surface area contributed by atoms with E-state index in [1.165, 1.54) is 10.4 Å². The van der Waals surface area contributed by atoms with E-state index in [1.54, 1.807) is 16.2 Å². The van der Waals surface area contributed by atoms with Crippen molar-refractivity contribution in [2.45, 2.75) is 39.5 Å². The average Bonchev–Trinajstić information content (AvgIpc) is 3.12. The Balaban J connectivity index is 1.89. The Morgan fingerprint density at radius 2 is 2.23 bits per heavy atom. The number of hydrogen-bond acceptors (Lipinski definition) is 3. The van der Waals surface area contributed by atoms with Crippen LogP contribution in [-0.4, -0.2) is 36.5 Å². The van der Waals surface area contributed by atoms with E-state index in [2.05, 4.69) is 19.2 Å². The zero-order valence-corrected chi connectivity index (χ0v) is 14.2. The molecule has 1 atom stereocenters. The van der Waals surface area contributed by atoms with Crippen LogP contribution in [0.15, 0.2) is 6.07 Å². The molecule has 0 aliphatic carbocycles. The molecule has 0 saturated carbocycles. The molecule has 5 nitrogen and oxygen atoms in total. The molecule has 0 aromatic carbocycles. The van der Waals surface area contributed by atoms with Crippen LogP contribution in [0.2, 0.25) is 0 Å². The third kappa shape index (κ3) is 4.00. The minimum atomic E-state index is -0.371. The maximum atomic E-state index is 12.3. The number of primary amides is 1. The molecule has 2 heterocycles. The lowest BCUT2D eigenvalue weighted by Gasteiger charge is -2.13. The molecular weight excluding hydrogens is 298 g/mol. The summed E-state index contributed by atoms with van der Waals surface area (Å²) in [5.41, 5.74) is 6.56. The van der Waals surface area contributed by atoms with E-state index in [9.17, 15) is 9.59 Å². The third-order valence-electron chi connectivity index (χ3n) is 4.13. The fourth-order valence-electron chi connectivity index (χ4n) is 2.84. The van der Waals surface area contributed by atoms with E-state index >= 15 is 0 Å². The van der Waals surface area contributed by atoms with Crippen LogP contribution >= 0.6 is 11.3 Å². The predicted molar refractivity (Wildman–Crippen MR) is 89.3 cm³/mol. The van der Waals surface area contributed by atoms with Crippen LogP contribution in [0.3, 0.4) is 0 Å². The summed E-state index contributed by atoms with van der Waals surface area (Å²) in [5, 5.41) is 3.00. The number of carbonyl (C=O) groups excluding carboxylic acids is 2. The van der Waals surface area contributed by atoms with Crippen molar-refractivity contribution < 1.29 is 9.59 Å². The van der Waals surface area contributed by atoms with Gasteiger partial charge < -0.3 is 16.0 Å². The molecule has 1 aromatic rings. The van der Waals surface area contributed by atoms with Crippen molar-refractivity contribution in [1.29, 1.82) is 0 Å². The highest BCUT2D eigenvalue weighted by molar-refractivity contribution is 7.14. The zero-order chi connectivity index (χ0) is 16.1. The number of nitrogens with zero attached hydrogens (tertiary/aromatic N) is 1. The molecule has 3 N–H and O–H groups in total. The lowest BCUT2D eigenvalue weighted by Crippen LogP contribution is -2.35. The van der Waals surface area contributed by atoms with Crippen molar-refractivity contribution in [2.24, 2.45) is 11.7 Å². The van der Waals surface area contributed by atoms with Crippen LogP contribution in [0.5, 0.6) is 0 Å². The van der Waals surface area contributed by atoms with Crippen molar-refractivity contribution >= 4 is 23.3 Å². The number of amides is 3. The highest BCUT2D eigenvalue weighted by Gasteiger charge is 2.25. The summed E-state index contributed by atoms with van der Waals surface area (Å²) in [5.74, 6) is 0.303. The van der Waals surface area contributed by atoms with Gasteiger partial charge in [0.2, 0.25) is 0 Å². The summed E-state index contributed by atoms with van der Waals surface area (Å²) >= 11 is 1.61. The molecule has 22 heavy (non-hydrogen) atoms. The molecule has 6 heteroatoms. The second-order valence-corrected chi connectivity index (χ2v) is 6.95. The maximum Gasteiger partial charge on any atom is 0.314 e. The van der Waals surface area contributed by atoms with Crippen molar-refractivity contribution in [3.63, 3.8) is 0 Å². The number of hydrogen-bond donors (Lipinski definition) is 2. The first kappa shape index (κ1) is 16.8. The minimum Gasteiger partial charge on any atom is -0.351 e. The van der Waals surface area contributed by atoms with E-state index in [0.29, 0.717) is 25.6 Å². The first-order valence-electron chi connectivity index (χ1n) is 7.99. The lowest BCUT2D eigenvalue weighted by molar-refractivity contribution is 0.0952. The Hall–Kier alpha value is -1.56. The van der Waals surface area contributed by atoms with Crippen LogP contribution in [0.4, 0.5) is 4.79 Å². The number of nitrogens with two attached hydrogens (primary N) is 1. The molecule has 1 aliphatic rings. The molecule has 0 spiro atoms. The van der Waals surface area contributed by atoms with E-state index in [0.717, 1.165) is 30.6 Å². The molecular formula is C16H25N3O2S. The first-order valence-corrected chi connectivity index (χ1v) is 8.80. The highest BCUT2D eigenvalue weighted by Crippen LogP contribution is 2.25. The number of thiophene rings is 1. The molecule has 2 rings (SSSR count). The summed E-state index contributed by atoms with van der Waals surface area (Å²) in [7, 11) is 0. The van der Waals surface area contributed by atoms with Gasteiger partial charge in [0, 0.05) is 24.5 Å². The smallest absolute Gasteiger partial charge is 0.314 e. The quantitative estimate of drug-likeness (QED) is 0.843. The van der Waals surface area contributed by atoms with Gasteiger partial charge in [-0.15, -0.1) is 11.3 Å². The van der Waals surface area contributed by atoms with Gasteiger partial charge in [0.1, 0.15) is 0 Å². The van der Waals surface area contributed by atoms with Gasteiger partial charge in [-0.1, -0.05) is 20.3 Å². The summed E-state index contributed by atoms with van der Waals surface area (Å²) in [6, 6.07) is 1.65. The van der Waals surface area contributed by atoms with Crippen LogP contribution in [0, 0.1) is 5.92 Å². The van der Waals surface area contributed by atoms with Crippen molar-refractivity contribution in [2.75, 3.05) is 19.6 Å². The van der Waals surface area contributed by atoms with E-state index in [-0.39, 0.29) is 11.9 Å². The topological polar surface area (TPSA) is 75.4 Å². The van der Waals surface area contributed by atoms with Crippen molar-refractivity contribution in [3.05, 3.63) is 21.4 Å². The second kappa shape index (κ2) is 7.63. The van der Waals surface area contributed by atoms with Crippen LogP contribution in [0.1, 0.15) is 46.8 Å². The Bertz CT molecular complexity index is 541.